The second-order valence-corrected chi connectivity index (χ2v) is 4.75. The molecule has 1 aliphatic rings. The van der Waals surface area contributed by atoms with E-state index in [-0.39, 0.29) is 6.54 Å². The summed E-state index contributed by atoms with van der Waals surface area (Å²) in [4.78, 5) is 22.8. The highest BCUT2D eigenvalue weighted by molar-refractivity contribution is 5.95. The number of rotatable bonds is 3. The molecule has 7 nitrogen and oxygen atoms in total. The number of benzene rings is 1. The van der Waals surface area contributed by atoms with Crippen molar-refractivity contribution in [3.63, 3.8) is 0 Å². The molecule has 9 heteroatoms. The Balaban J connectivity index is 2.37. The number of nitro groups is 1. The van der Waals surface area contributed by atoms with Crippen LogP contribution in [0.1, 0.15) is 10.4 Å². The van der Waals surface area contributed by atoms with Gasteiger partial charge in [0.25, 0.3) is 5.91 Å². The van der Waals surface area contributed by atoms with E-state index in [0.29, 0.717) is 18.7 Å². The third-order valence-corrected chi connectivity index (χ3v) is 3.41. The van der Waals surface area contributed by atoms with Crippen molar-refractivity contribution in [2.75, 3.05) is 20.1 Å². The molecule has 0 bridgehead atoms. The largest absolute Gasteiger partial charge is 0.390 e. The molecule has 21 heavy (non-hydrogen) atoms. The molecule has 114 valence electrons. The monoisotopic (exact) mass is 301 g/mol. The molecule has 2 atom stereocenters. The Hall–Kier alpha value is -2.13. The van der Waals surface area contributed by atoms with E-state index < -0.39 is 45.9 Å². The Morgan fingerprint density at radius 3 is 2.67 bits per heavy atom. The molecule has 1 heterocycles. The van der Waals surface area contributed by atoms with E-state index in [2.05, 4.69) is 5.32 Å². The molecule has 2 rings (SSSR count). The van der Waals surface area contributed by atoms with Gasteiger partial charge in [0.1, 0.15) is 5.82 Å². The lowest BCUT2D eigenvalue weighted by molar-refractivity contribution is -0.387. The van der Waals surface area contributed by atoms with Gasteiger partial charge in [0, 0.05) is 20.1 Å². The highest BCUT2D eigenvalue weighted by atomic mass is 19.1. The average Bonchev–Trinajstić information content (AvgIpc) is 2.85. The van der Waals surface area contributed by atoms with Gasteiger partial charge in [-0.3, -0.25) is 14.9 Å². The van der Waals surface area contributed by atoms with E-state index in [1.807, 2.05) is 0 Å². The number of carbonyl (C=O) groups is 1. The number of β-amino-alcohol motifs (C(OH)–C–C–N with tert-alkyl or cyclic N) is 1. The maximum atomic E-state index is 14.0. The number of aliphatic hydroxyl groups excluding tert-OH is 1. The summed E-state index contributed by atoms with van der Waals surface area (Å²) in [5.74, 6) is -3.40. The van der Waals surface area contributed by atoms with Gasteiger partial charge in [-0.2, -0.15) is 4.39 Å². The van der Waals surface area contributed by atoms with Crippen LogP contribution in [0.2, 0.25) is 0 Å². The zero-order valence-corrected chi connectivity index (χ0v) is 11.0. The molecule has 1 amide bonds. The second kappa shape index (κ2) is 5.70. The van der Waals surface area contributed by atoms with Gasteiger partial charge in [-0.05, 0) is 6.07 Å². The molecule has 1 fully saturated rings. The normalized spacial score (nSPS) is 21.3. The first-order chi connectivity index (χ1) is 9.82. The number of halogens is 2. The first-order valence-corrected chi connectivity index (χ1v) is 6.12. The lowest BCUT2D eigenvalue weighted by Gasteiger charge is -2.26. The Labute approximate surface area is 118 Å². The number of nitrogens with one attached hydrogen (secondary N) is 1. The molecule has 0 unspecified atom stereocenters. The third-order valence-electron chi connectivity index (χ3n) is 3.41. The SMILES string of the molecule is CN(C(=O)c1cc(F)cc([N+](=O)[O-])c1F)[C@@H]1CNC[C@H]1O. The molecular formula is C12H13F2N3O4. The van der Waals surface area contributed by atoms with Crippen molar-refractivity contribution in [3.05, 3.63) is 39.4 Å². The first kappa shape index (κ1) is 15.3. The summed E-state index contributed by atoms with van der Waals surface area (Å²) >= 11 is 0. The fourth-order valence-corrected chi connectivity index (χ4v) is 2.25. The van der Waals surface area contributed by atoms with Gasteiger partial charge in [-0.25, -0.2) is 4.39 Å². The van der Waals surface area contributed by atoms with E-state index in [0.717, 1.165) is 4.90 Å². The van der Waals surface area contributed by atoms with Crippen molar-refractivity contribution in [1.29, 1.82) is 0 Å². The molecule has 2 N–H and O–H groups in total. The van der Waals surface area contributed by atoms with E-state index in [1.165, 1.54) is 7.05 Å². The van der Waals surface area contributed by atoms with E-state index in [1.54, 1.807) is 0 Å². The number of aliphatic hydroxyl groups is 1. The van der Waals surface area contributed by atoms with Crippen molar-refractivity contribution in [2.45, 2.75) is 12.1 Å². The van der Waals surface area contributed by atoms with Gasteiger partial charge >= 0.3 is 5.69 Å². The van der Waals surface area contributed by atoms with Crippen molar-refractivity contribution >= 4 is 11.6 Å². The van der Waals surface area contributed by atoms with Crippen LogP contribution in [0, 0.1) is 21.7 Å². The Bertz CT molecular complexity index is 596. The number of hydrogen-bond acceptors (Lipinski definition) is 5. The summed E-state index contributed by atoms with van der Waals surface area (Å²) in [5.41, 5.74) is -1.83. The van der Waals surface area contributed by atoms with Crippen molar-refractivity contribution in [1.82, 2.24) is 10.2 Å². The van der Waals surface area contributed by atoms with Crippen molar-refractivity contribution in [3.8, 4) is 0 Å². The van der Waals surface area contributed by atoms with Gasteiger partial charge in [0.15, 0.2) is 0 Å². The molecule has 1 aromatic rings. The quantitative estimate of drug-likeness (QED) is 0.617. The molecule has 0 aliphatic carbocycles. The van der Waals surface area contributed by atoms with Gasteiger partial charge in [0.2, 0.25) is 5.82 Å². The van der Waals surface area contributed by atoms with Crippen molar-refractivity contribution < 1.29 is 23.6 Å². The summed E-state index contributed by atoms with van der Waals surface area (Å²) in [5, 5.41) is 23.2. The minimum atomic E-state index is -1.39. The number of carbonyl (C=O) groups excluding carboxylic acids is 1. The van der Waals surface area contributed by atoms with Crippen LogP contribution in [0.25, 0.3) is 0 Å². The number of likely N-dealkylation sites (N-methyl/N-ethyl adjacent to an activating group) is 1. The Kier molecular flexibility index (Phi) is 4.14. The minimum Gasteiger partial charge on any atom is -0.390 e. The number of amides is 1. The van der Waals surface area contributed by atoms with Crippen LogP contribution >= 0.6 is 0 Å². The van der Waals surface area contributed by atoms with Gasteiger partial charge in [-0.15, -0.1) is 0 Å². The molecule has 0 radical (unpaired) electrons. The molecule has 1 saturated heterocycles. The maximum absolute atomic E-state index is 14.0. The van der Waals surface area contributed by atoms with E-state index in [4.69, 9.17) is 0 Å². The van der Waals surface area contributed by atoms with Crippen LogP contribution < -0.4 is 5.32 Å². The molecule has 0 saturated carbocycles. The standard InChI is InChI=1S/C12H13F2N3O4/c1-16(9-4-15-5-10(9)18)12(19)7-2-6(13)3-8(11(7)14)17(20)21/h2-3,9-10,15,18H,4-5H2,1H3/t9-,10-/m1/s1. The van der Waals surface area contributed by atoms with Crippen molar-refractivity contribution in [2.24, 2.45) is 0 Å². The minimum absolute atomic E-state index is 0.272. The third kappa shape index (κ3) is 2.83. The molecule has 1 aliphatic heterocycles. The lowest BCUT2D eigenvalue weighted by Crippen LogP contribution is -2.44. The van der Waals surface area contributed by atoms with Crippen LogP contribution in [0.5, 0.6) is 0 Å². The van der Waals surface area contributed by atoms with Crippen LogP contribution in [0.4, 0.5) is 14.5 Å². The molecule has 0 aromatic heterocycles. The van der Waals surface area contributed by atoms with E-state index in [9.17, 15) is 28.8 Å². The molecule has 0 spiro atoms. The van der Waals surface area contributed by atoms with Crippen LogP contribution in [-0.4, -0.2) is 53.1 Å². The summed E-state index contributed by atoms with van der Waals surface area (Å²) < 4.78 is 27.3. The number of hydrogen-bond donors (Lipinski definition) is 2. The summed E-state index contributed by atoms with van der Waals surface area (Å²) in [6, 6.07) is 0.410. The summed E-state index contributed by atoms with van der Waals surface area (Å²) in [7, 11) is 1.32. The highest BCUT2D eigenvalue weighted by Gasteiger charge is 2.34. The second-order valence-electron chi connectivity index (χ2n) is 4.75. The maximum Gasteiger partial charge on any atom is 0.308 e. The number of nitro benzene ring substituents is 1. The summed E-state index contributed by atoms with van der Waals surface area (Å²) in [6.45, 7) is 0.566. The fraction of sp³-hybridized carbons (Fsp3) is 0.417. The van der Waals surface area contributed by atoms with Gasteiger partial charge in [0.05, 0.1) is 28.7 Å². The molecular weight excluding hydrogens is 288 g/mol. The van der Waals surface area contributed by atoms with Crippen LogP contribution in [0.3, 0.4) is 0 Å². The number of nitrogens with zero attached hydrogens (tertiary/aromatic N) is 2. The molecule has 1 aromatic carbocycles. The highest BCUT2D eigenvalue weighted by Crippen LogP contribution is 2.24. The lowest BCUT2D eigenvalue weighted by atomic mass is 10.1. The average molecular weight is 301 g/mol. The van der Waals surface area contributed by atoms with E-state index >= 15 is 0 Å². The fourth-order valence-electron chi connectivity index (χ4n) is 2.25. The van der Waals surface area contributed by atoms with Gasteiger partial charge < -0.3 is 15.3 Å². The topological polar surface area (TPSA) is 95.7 Å². The smallest absolute Gasteiger partial charge is 0.308 e. The van der Waals surface area contributed by atoms with Crippen LogP contribution in [-0.2, 0) is 0 Å². The Morgan fingerprint density at radius 1 is 1.48 bits per heavy atom. The Morgan fingerprint density at radius 2 is 2.14 bits per heavy atom. The first-order valence-electron chi connectivity index (χ1n) is 6.12. The zero-order chi connectivity index (χ0) is 15.7. The predicted molar refractivity (Wildman–Crippen MR) is 67.8 cm³/mol. The predicted octanol–water partition coefficient (Wildman–Crippen LogP) is 0.278. The zero-order valence-electron chi connectivity index (χ0n) is 11.0. The van der Waals surface area contributed by atoms with Crippen LogP contribution in [0.15, 0.2) is 12.1 Å². The summed E-state index contributed by atoms with van der Waals surface area (Å²) in [6.07, 6.45) is -0.842. The van der Waals surface area contributed by atoms with Gasteiger partial charge in [-0.1, -0.05) is 0 Å².